The maximum absolute atomic E-state index is 11.4. The van der Waals surface area contributed by atoms with Crippen LogP contribution in [0.4, 0.5) is 0 Å². The van der Waals surface area contributed by atoms with Crippen LogP contribution < -0.4 is 14.2 Å². The summed E-state index contributed by atoms with van der Waals surface area (Å²) in [7, 11) is 0. The highest BCUT2D eigenvalue weighted by Crippen LogP contribution is 2.37. The van der Waals surface area contributed by atoms with Crippen molar-refractivity contribution in [2.75, 3.05) is 13.2 Å². The standard InChI is InChI=1S/C27H36O5/c1-6-8-20-15-19(17-26(2,3)4)9-11-23(20)31-14-7-13-30-22-10-12-24-21(16-22)18-27(5,32-24)25(28)29/h9-12,15-16H,6-8,13-14,17-18H2,1-5H3,(H,28,29). The molecule has 3 rings (SSSR count). The number of carboxylic acids is 1. The molecule has 0 amide bonds. The number of hydrogen-bond acceptors (Lipinski definition) is 4. The molecule has 1 unspecified atom stereocenters. The summed E-state index contributed by atoms with van der Waals surface area (Å²) in [6.07, 6.45) is 4.24. The highest BCUT2D eigenvalue weighted by Gasteiger charge is 2.42. The Kier molecular flexibility index (Phi) is 7.37. The SMILES string of the molecule is CCCc1cc(CC(C)(C)C)ccc1OCCCOc1ccc2c(c1)CC(C)(C(=O)O)O2. The minimum absolute atomic E-state index is 0.263. The monoisotopic (exact) mass is 440 g/mol. The van der Waals surface area contributed by atoms with E-state index >= 15 is 0 Å². The molecule has 2 aromatic rings. The summed E-state index contributed by atoms with van der Waals surface area (Å²) >= 11 is 0. The van der Waals surface area contributed by atoms with Gasteiger partial charge >= 0.3 is 5.97 Å². The quantitative estimate of drug-likeness (QED) is 0.469. The van der Waals surface area contributed by atoms with Crippen molar-refractivity contribution < 1.29 is 24.1 Å². The number of fused-ring (bicyclic) bond motifs is 1. The van der Waals surface area contributed by atoms with Gasteiger partial charge in [-0.05, 0) is 60.6 Å². The van der Waals surface area contributed by atoms with Crippen LogP contribution in [0, 0.1) is 5.41 Å². The molecule has 1 atom stereocenters. The third-order valence-corrected chi connectivity index (χ3v) is 5.54. The Morgan fingerprint density at radius 1 is 1.12 bits per heavy atom. The molecular weight excluding hydrogens is 404 g/mol. The third-order valence-electron chi connectivity index (χ3n) is 5.54. The van der Waals surface area contributed by atoms with Gasteiger partial charge in [0.1, 0.15) is 17.2 Å². The van der Waals surface area contributed by atoms with Gasteiger partial charge in [0.2, 0.25) is 5.60 Å². The van der Waals surface area contributed by atoms with Gasteiger partial charge in [0.15, 0.2) is 0 Å². The molecule has 5 heteroatoms. The first kappa shape index (κ1) is 24.0. The van der Waals surface area contributed by atoms with Crippen LogP contribution in [0.25, 0.3) is 0 Å². The average molecular weight is 441 g/mol. The molecule has 0 bridgehead atoms. The van der Waals surface area contributed by atoms with Gasteiger partial charge < -0.3 is 19.3 Å². The summed E-state index contributed by atoms with van der Waals surface area (Å²) in [5.41, 5.74) is 2.56. The van der Waals surface area contributed by atoms with Crippen molar-refractivity contribution in [1.82, 2.24) is 0 Å². The Hall–Kier alpha value is -2.69. The first-order valence-corrected chi connectivity index (χ1v) is 11.5. The minimum Gasteiger partial charge on any atom is -0.493 e. The zero-order valence-electron chi connectivity index (χ0n) is 20.0. The van der Waals surface area contributed by atoms with E-state index in [-0.39, 0.29) is 5.41 Å². The lowest BCUT2D eigenvalue weighted by Gasteiger charge is -2.20. The van der Waals surface area contributed by atoms with E-state index in [1.54, 1.807) is 13.0 Å². The van der Waals surface area contributed by atoms with Crippen LogP contribution in [0.1, 0.15) is 64.2 Å². The average Bonchev–Trinajstić information content (AvgIpc) is 3.05. The second-order valence-corrected chi connectivity index (χ2v) is 10.1. The fourth-order valence-corrected chi connectivity index (χ4v) is 4.04. The van der Waals surface area contributed by atoms with Crippen molar-refractivity contribution in [1.29, 1.82) is 0 Å². The van der Waals surface area contributed by atoms with E-state index in [2.05, 4.69) is 45.9 Å². The zero-order valence-corrected chi connectivity index (χ0v) is 20.0. The van der Waals surface area contributed by atoms with Crippen LogP contribution >= 0.6 is 0 Å². The van der Waals surface area contributed by atoms with Crippen LogP contribution in [-0.4, -0.2) is 29.9 Å². The molecule has 1 aliphatic heterocycles. The van der Waals surface area contributed by atoms with Crippen molar-refractivity contribution in [3.63, 3.8) is 0 Å². The van der Waals surface area contributed by atoms with Crippen LogP contribution in [0.15, 0.2) is 36.4 Å². The van der Waals surface area contributed by atoms with Crippen molar-refractivity contribution in [3.05, 3.63) is 53.1 Å². The molecule has 1 heterocycles. The van der Waals surface area contributed by atoms with Crippen molar-refractivity contribution >= 4 is 5.97 Å². The summed E-state index contributed by atoms with van der Waals surface area (Å²) in [5.74, 6) is 1.35. The summed E-state index contributed by atoms with van der Waals surface area (Å²) in [6, 6.07) is 12.0. The predicted molar refractivity (Wildman–Crippen MR) is 126 cm³/mol. The molecule has 0 saturated carbocycles. The molecule has 1 N–H and O–H groups in total. The second-order valence-electron chi connectivity index (χ2n) is 10.1. The highest BCUT2D eigenvalue weighted by molar-refractivity contribution is 5.79. The molecule has 2 aromatic carbocycles. The molecule has 0 radical (unpaired) electrons. The zero-order chi connectivity index (χ0) is 23.4. The number of rotatable bonds is 10. The van der Waals surface area contributed by atoms with Gasteiger partial charge in [-0.25, -0.2) is 4.79 Å². The fourth-order valence-electron chi connectivity index (χ4n) is 4.04. The van der Waals surface area contributed by atoms with E-state index < -0.39 is 11.6 Å². The normalized spacial score (nSPS) is 17.5. The summed E-state index contributed by atoms with van der Waals surface area (Å²) < 4.78 is 17.5. The van der Waals surface area contributed by atoms with Crippen LogP contribution in [-0.2, 0) is 24.1 Å². The number of carbonyl (C=O) groups is 1. The number of hydrogen-bond donors (Lipinski definition) is 1. The molecule has 0 aliphatic carbocycles. The number of aryl methyl sites for hydroxylation is 1. The summed E-state index contributed by atoms with van der Waals surface area (Å²) in [4.78, 5) is 11.4. The molecule has 0 spiro atoms. The first-order valence-electron chi connectivity index (χ1n) is 11.5. The Bertz CT molecular complexity index is 944. The number of ether oxygens (including phenoxy) is 3. The lowest BCUT2D eigenvalue weighted by atomic mass is 9.87. The largest absolute Gasteiger partial charge is 0.493 e. The van der Waals surface area contributed by atoms with Crippen LogP contribution in [0.5, 0.6) is 17.2 Å². The Morgan fingerprint density at radius 2 is 1.88 bits per heavy atom. The van der Waals surface area contributed by atoms with Crippen LogP contribution in [0.2, 0.25) is 0 Å². The Labute approximate surface area is 191 Å². The molecule has 0 saturated heterocycles. The maximum Gasteiger partial charge on any atom is 0.348 e. The third kappa shape index (κ3) is 6.18. The van der Waals surface area contributed by atoms with Gasteiger partial charge in [-0.15, -0.1) is 0 Å². The molecule has 0 fully saturated rings. The highest BCUT2D eigenvalue weighted by atomic mass is 16.5. The van der Waals surface area contributed by atoms with Gasteiger partial charge in [0, 0.05) is 18.4 Å². The predicted octanol–water partition coefficient (Wildman–Crippen LogP) is 5.85. The minimum atomic E-state index is -1.20. The lowest BCUT2D eigenvalue weighted by molar-refractivity contribution is -0.152. The molecule has 174 valence electrons. The molecule has 5 nitrogen and oxygen atoms in total. The number of benzene rings is 2. The molecular formula is C27H36O5. The van der Waals surface area contributed by atoms with Crippen molar-refractivity contribution in [3.8, 4) is 17.2 Å². The second kappa shape index (κ2) is 9.85. The van der Waals surface area contributed by atoms with E-state index in [4.69, 9.17) is 14.2 Å². The van der Waals surface area contributed by atoms with Gasteiger partial charge in [-0.1, -0.05) is 46.2 Å². The van der Waals surface area contributed by atoms with Gasteiger partial charge in [0.05, 0.1) is 13.2 Å². The van der Waals surface area contributed by atoms with E-state index in [1.165, 1.54) is 11.1 Å². The molecule has 0 aromatic heterocycles. The first-order chi connectivity index (χ1) is 15.1. The lowest BCUT2D eigenvalue weighted by Crippen LogP contribution is -2.39. The van der Waals surface area contributed by atoms with E-state index in [0.29, 0.717) is 25.4 Å². The summed E-state index contributed by atoms with van der Waals surface area (Å²) in [5, 5.41) is 9.36. The van der Waals surface area contributed by atoms with Gasteiger partial charge in [-0.2, -0.15) is 0 Å². The smallest absolute Gasteiger partial charge is 0.348 e. The molecule has 1 aliphatic rings. The Balaban J connectivity index is 1.50. The topological polar surface area (TPSA) is 65.0 Å². The van der Waals surface area contributed by atoms with Gasteiger partial charge in [0.25, 0.3) is 0 Å². The van der Waals surface area contributed by atoms with Crippen LogP contribution in [0.3, 0.4) is 0 Å². The summed E-state index contributed by atoms with van der Waals surface area (Å²) in [6.45, 7) is 11.7. The number of carboxylic acid groups (broad SMARTS) is 1. The maximum atomic E-state index is 11.4. The van der Waals surface area contributed by atoms with Crippen molar-refractivity contribution in [2.45, 2.75) is 72.3 Å². The van der Waals surface area contributed by atoms with E-state index in [0.717, 1.165) is 42.7 Å². The molecule has 32 heavy (non-hydrogen) atoms. The Morgan fingerprint density at radius 3 is 2.56 bits per heavy atom. The van der Waals surface area contributed by atoms with E-state index in [1.807, 2.05) is 12.1 Å². The number of aliphatic carboxylic acids is 1. The van der Waals surface area contributed by atoms with Crippen molar-refractivity contribution in [2.24, 2.45) is 5.41 Å². The fraction of sp³-hybridized carbons (Fsp3) is 0.519. The van der Waals surface area contributed by atoms with E-state index in [9.17, 15) is 9.90 Å². The van der Waals surface area contributed by atoms with Gasteiger partial charge in [-0.3, -0.25) is 0 Å².